The zero-order valence-electron chi connectivity index (χ0n) is 22.2. The molecule has 1 heterocycles. The third-order valence-corrected chi connectivity index (χ3v) is 8.77. The summed E-state index contributed by atoms with van der Waals surface area (Å²) < 4.78 is 5.59. The van der Waals surface area contributed by atoms with E-state index in [1.807, 2.05) is 6.08 Å². The molecule has 3 aliphatic carbocycles. The van der Waals surface area contributed by atoms with Gasteiger partial charge in [-0.3, -0.25) is 24.1 Å². The topological polar surface area (TPSA) is 121 Å². The molecule has 1 fully saturated rings. The number of hydrogen-bond donors (Lipinski definition) is 2. The van der Waals surface area contributed by atoms with Crippen molar-refractivity contribution in [3.05, 3.63) is 88.0 Å². The number of aromatic hydroxyl groups is 2. The van der Waals surface area contributed by atoms with Gasteiger partial charge in [-0.25, -0.2) is 0 Å². The number of carbonyl (C=O) groups is 4. The predicted octanol–water partition coefficient (Wildman–Crippen LogP) is 3.78. The number of allylic oxidation sites excluding steroid dienone is 6. The van der Waals surface area contributed by atoms with Crippen LogP contribution in [0.2, 0.25) is 0 Å². The zero-order valence-corrected chi connectivity index (χ0v) is 22.2. The highest BCUT2D eigenvalue weighted by atomic mass is 16.5. The van der Waals surface area contributed by atoms with Crippen molar-refractivity contribution in [1.29, 1.82) is 0 Å². The van der Waals surface area contributed by atoms with Gasteiger partial charge in [0, 0.05) is 34.7 Å². The minimum Gasteiger partial charge on any atom is -0.508 e. The maximum absolute atomic E-state index is 13.9. The van der Waals surface area contributed by atoms with E-state index in [0.717, 1.165) is 11.1 Å². The van der Waals surface area contributed by atoms with Gasteiger partial charge in [0.25, 0.3) is 0 Å². The number of Topliss-reactive ketones (excluding diaryl/α,β-unsaturated/α-hetero) is 1. The van der Waals surface area contributed by atoms with Crippen LogP contribution >= 0.6 is 0 Å². The summed E-state index contributed by atoms with van der Waals surface area (Å²) in [6.07, 6.45) is 4.20. The van der Waals surface area contributed by atoms with Crippen molar-refractivity contribution in [3.63, 3.8) is 0 Å². The van der Waals surface area contributed by atoms with Crippen LogP contribution in [0.1, 0.15) is 36.8 Å². The largest absolute Gasteiger partial charge is 0.508 e. The van der Waals surface area contributed by atoms with Gasteiger partial charge in [-0.1, -0.05) is 29.8 Å². The Labute approximate surface area is 231 Å². The molecule has 6 rings (SSSR count). The smallest absolute Gasteiger partial charge is 0.233 e. The van der Waals surface area contributed by atoms with Gasteiger partial charge in [0.15, 0.2) is 11.6 Å². The molecule has 2 aromatic rings. The third kappa shape index (κ3) is 3.89. The average molecular weight is 540 g/mol. The Morgan fingerprint density at radius 3 is 2.45 bits per heavy atom. The van der Waals surface area contributed by atoms with E-state index in [1.165, 1.54) is 24.2 Å². The fourth-order valence-electron chi connectivity index (χ4n) is 6.88. The highest BCUT2D eigenvalue weighted by Gasteiger charge is 2.56. The molecule has 1 aliphatic heterocycles. The number of amides is 2. The molecule has 0 radical (unpaired) electrons. The number of hydrogen-bond acceptors (Lipinski definition) is 7. The normalized spacial score (nSPS) is 25.8. The molecule has 204 valence electrons. The molecule has 4 aliphatic rings. The molecular weight excluding hydrogens is 510 g/mol. The number of imide groups is 1. The van der Waals surface area contributed by atoms with Gasteiger partial charge in [0.1, 0.15) is 17.2 Å². The number of nitrogens with zero attached hydrogens (tertiary/aromatic N) is 1. The summed E-state index contributed by atoms with van der Waals surface area (Å²) in [7, 11) is 1.48. The van der Waals surface area contributed by atoms with E-state index in [-0.39, 0.29) is 47.8 Å². The van der Waals surface area contributed by atoms with Crippen LogP contribution < -0.4 is 4.74 Å². The van der Waals surface area contributed by atoms with Crippen molar-refractivity contribution in [1.82, 2.24) is 4.90 Å². The monoisotopic (exact) mass is 539 g/mol. The van der Waals surface area contributed by atoms with Gasteiger partial charge in [-0.2, -0.15) is 0 Å². The highest BCUT2D eigenvalue weighted by molar-refractivity contribution is 6.24. The van der Waals surface area contributed by atoms with Crippen LogP contribution in [0.15, 0.2) is 76.9 Å². The fourth-order valence-corrected chi connectivity index (χ4v) is 6.88. The number of phenols is 2. The second kappa shape index (κ2) is 9.62. The van der Waals surface area contributed by atoms with Crippen LogP contribution in [-0.4, -0.2) is 52.1 Å². The van der Waals surface area contributed by atoms with E-state index in [2.05, 4.69) is 0 Å². The number of likely N-dealkylation sites (tertiary alicyclic amines) is 1. The summed E-state index contributed by atoms with van der Waals surface area (Å²) in [4.78, 5) is 55.5. The van der Waals surface area contributed by atoms with Crippen LogP contribution in [0, 0.1) is 17.8 Å². The van der Waals surface area contributed by atoms with E-state index in [9.17, 15) is 29.4 Å². The molecule has 0 aromatic heterocycles. The van der Waals surface area contributed by atoms with Crippen molar-refractivity contribution >= 4 is 23.4 Å². The minimum absolute atomic E-state index is 0.0725. The average Bonchev–Trinajstić information content (AvgIpc) is 3.19. The Hall–Kier alpha value is -4.46. The molecule has 2 aromatic carbocycles. The number of phenolic OH excluding ortho intramolecular Hbond substituents is 2. The summed E-state index contributed by atoms with van der Waals surface area (Å²) in [5, 5.41) is 20.6. The van der Waals surface area contributed by atoms with E-state index in [4.69, 9.17) is 4.74 Å². The standard InChI is InChI=1S/C32H29NO7/c1-16-14-24(36)22-15-21-19(27(28(22)30(16)37)29-23(35)4-3-5-25(29)40-2)10-11-20-26(21)32(39)33(31(20)38)13-12-17-6-8-18(34)9-7-17/h3-10,14,20-21,26-27,34-35H,11-13,15H2,1-2H3/t20-,21+,26-,27-/m0/s1. The molecule has 8 heteroatoms. The van der Waals surface area contributed by atoms with E-state index in [0.29, 0.717) is 40.9 Å². The number of rotatable bonds is 5. The maximum Gasteiger partial charge on any atom is 0.233 e. The lowest BCUT2D eigenvalue weighted by Crippen LogP contribution is -2.40. The van der Waals surface area contributed by atoms with Crippen molar-refractivity contribution in [2.24, 2.45) is 17.8 Å². The Morgan fingerprint density at radius 1 is 0.975 bits per heavy atom. The lowest BCUT2D eigenvalue weighted by molar-refractivity contribution is -0.140. The number of benzene rings is 2. The second-order valence-electron chi connectivity index (χ2n) is 10.9. The summed E-state index contributed by atoms with van der Waals surface area (Å²) >= 11 is 0. The minimum atomic E-state index is -0.778. The Bertz CT molecular complexity index is 1560. The number of methoxy groups -OCH3 is 1. The molecule has 0 spiro atoms. The van der Waals surface area contributed by atoms with Crippen LogP contribution in [0.25, 0.3) is 0 Å². The summed E-state index contributed by atoms with van der Waals surface area (Å²) in [5.74, 6) is -3.11. The van der Waals surface area contributed by atoms with Gasteiger partial charge in [-0.05, 0) is 68.0 Å². The maximum atomic E-state index is 13.9. The van der Waals surface area contributed by atoms with E-state index in [1.54, 1.807) is 43.3 Å². The molecule has 2 N–H and O–H groups in total. The summed E-state index contributed by atoms with van der Waals surface area (Å²) in [6, 6.07) is 11.5. The van der Waals surface area contributed by atoms with Crippen molar-refractivity contribution in [2.45, 2.75) is 32.1 Å². The molecule has 1 saturated heterocycles. The molecule has 0 saturated carbocycles. The molecule has 2 amide bonds. The van der Waals surface area contributed by atoms with Crippen LogP contribution in [0.5, 0.6) is 17.2 Å². The van der Waals surface area contributed by atoms with Gasteiger partial charge in [0.2, 0.25) is 11.8 Å². The van der Waals surface area contributed by atoms with Crippen molar-refractivity contribution < 1.29 is 34.1 Å². The van der Waals surface area contributed by atoms with Gasteiger partial charge in [0.05, 0.1) is 18.9 Å². The first-order chi connectivity index (χ1) is 19.2. The third-order valence-electron chi connectivity index (χ3n) is 8.77. The molecule has 4 atom stereocenters. The molecule has 40 heavy (non-hydrogen) atoms. The first-order valence-electron chi connectivity index (χ1n) is 13.4. The van der Waals surface area contributed by atoms with Gasteiger partial charge >= 0.3 is 0 Å². The number of fused-ring (bicyclic) bond motifs is 3. The molecule has 8 nitrogen and oxygen atoms in total. The van der Waals surface area contributed by atoms with Gasteiger partial charge in [-0.15, -0.1) is 0 Å². The van der Waals surface area contributed by atoms with E-state index < -0.39 is 23.7 Å². The lowest BCUT2D eigenvalue weighted by atomic mass is 9.59. The predicted molar refractivity (Wildman–Crippen MR) is 145 cm³/mol. The van der Waals surface area contributed by atoms with Gasteiger partial charge < -0.3 is 14.9 Å². The first-order valence-corrected chi connectivity index (χ1v) is 13.4. The van der Waals surface area contributed by atoms with Crippen molar-refractivity contribution in [3.8, 4) is 17.2 Å². The number of ketones is 2. The van der Waals surface area contributed by atoms with Crippen LogP contribution in [0.4, 0.5) is 0 Å². The van der Waals surface area contributed by atoms with Crippen LogP contribution in [0.3, 0.4) is 0 Å². The van der Waals surface area contributed by atoms with Crippen molar-refractivity contribution in [2.75, 3.05) is 13.7 Å². The Morgan fingerprint density at radius 2 is 1.73 bits per heavy atom. The number of ether oxygens (including phenoxy) is 1. The Kier molecular flexibility index (Phi) is 6.21. The van der Waals surface area contributed by atoms with E-state index >= 15 is 0 Å². The highest BCUT2D eigenvalue weighted by Crippen LogP contribution is 2.57. The lowest BCUT2D eigenvalue weighted by Gasteiger charge is -2.42. The Balaban J connectivity index is 1.41. The molecule has 0 unspecified atom stereocenters. The fraction of sp³-hybridized carbons (Fsp3) is 0.312. The summed E-state index contributed by atoms with van der Waals surface area (Å²) in [6.45, 7) is 1.81. The SMILES string of the molecule is COc1cccc(O)c1[C@H]1C2=CC[C@@H]3C(=O)N(CCc4ccc(O)cc4)C(=O)[C@@H]3[C@@H]2CC2=C1C(=O)C(C)=CC2=O. The molecule has 0 bridgehead atoms. The molecular formula is C32H29NO7. The second-order valence-corrected chi connectivity index (χ2v) is 10.9. The number of carbonyl (C=O) groups excluding carboxylic acids is 4. The van der Waals surface area contributed by atoms with Crippen LogP contribution in [-0.2, 0) is 25.6 Å². The summed E-state index contributed by atoms with van der Waals surface area (Å²) in [5.41, 5.74) is 2.99. The zero-order chi connectivity index (χ0) is 28.3. The first kappa shape index (κ1) is 25.8. The quantitative estimate of drug-likeness (QED) is 0.337.